The first-order valence-electron chi connectivity index (χ1n) is 10.2. The van der Waals surface area contributed by atoms with Crippen molar-refractivity contribution in [3.8, 4) is 0 Å². The maximum Gasteiger partial charge on any atom is 0.329 e. The van der Waals surface area contributed by atoms with Crippen molar-refractivity contribution in [2.75, 3.05) is 0 Å². The molecule has 2 atom stereocenters. The Kier molecular flexibility index (Phi) is 9.34. The minimum Gasteiger partial charge on any atom is -0.459 e. The summed E-state index contributed by atoms with van der Waals surface area (Å²) in [7, 11) is 0. The molecule has 0 heterocycles. The fourth-order valence-corrected chi connectivity index (χ4v) is 2.80. The predicted molar refractivity (Wildman–Crippen MR) is 114 cm³/mol. The van der Waals surface area contributed by atoms with Gasteiger partial charge in [0.25, 0.3) is 0 Å². The quantitative estimate of drug-likeness (QED) is 0.618. The van der Waals surface area contributed by atoms with Gasteiger partial charge in [0.1, 0.15) is 18.7 Å². The largest absolute Gasteiger partial charge is 0.459 e. The van der Waals surface area contributed by atoms with Crippen LogP contribution in [0.5, 0.6) is 0 Å². The van der Waals surface area contributed by atoms with E-state index >= 15 is 0 Å². The molecule has 0 fully saturated rings. The van der Waals surface area contributed by atoms with Crippen LogP contribution in [0.25, 0.3) is 0 Å². The average Bonchev–Trinajstić information content (AvgIpc) is 2.60. The zero-order valence-electron chi connectivity index (χ0n) is 18.7. The Hall–Kier alpha value is -2.37. The number of rotatable bonds is 9. The number of hydrogen-bond donors (Lipinski definition) is 2. The summed E-state index contributed by atoms with van der Waals surface area (Å²) < 4.78 is 5.40. The first-order valence-corrected chi connectivity index (χ1v) is 10.2. The van der Waals surface area contributed by atoms with Gasteiger partial charge in [0.2, 0.25) is 11.8 Å². The second-order valence-electron chi connectivity index (χ2n) is 9.35. The van der Waals surface area contributed by atoms with Gasteiger partial charge in [-0.3, -0.25) is 9.59 Å². The molecule has 2 amide bonds. The molecule has 0 aliphatic carbocycles. The van der Waals surface area contributed by atoms with Gasteiger partial charge in [-0.2, -0.15) is 0 Å². The van der Waals surface area contributed by atoms with E-state index < -0.39 is 18.1 Å². The Morgan fingerprint density at radius 2 is 1.45 bits per heavy atom. The number of nitrogens with one attached hydrogen (secondary N) is 2. The number of carbonyl (C=O) groups excluding carboxylic acids is 3. The highest BCUT2D eigenvalue weighted by Crippen LogP contribution is 2.18. The zero-order chi connectivity index (χ0) is 22.2. The van der Waals surface area contributed by atoms with Gasteiger partial charge in [-0.05, 0) is 22.8 Å². The van der Waals surface area contributed by atoms with Gasteiger partial charge in [-0.25, -0.2) is 4.79 Å². The second-order valence-corrected chi connectivity index (χ2v) is 9.35. The van der Waals surface area contributed by atoms with Crippen molar-refractivity contribution in [3.63, 3.8) is 0 Å². The van der Waals surface area contributed by atoms with Crippen LogP contribution in [0.4, 0.5) is 0 Å². The van der Waals surface area contributed by atoms with Crippen LogP contribution >= 0.6 is 0 Å². The molecule has 29 heavy (non-hydrogen) atoms. The van der Waals surface area contributed by atoms with Crippen molar-refractivity contribution >= 4 is 17.8 Å². The van der Waals surface area contributed by atoms with Crippen LogP contribution in [-0.2, 0) is 25.7 Å². The Bertz CT molecular complexity index is 678. The highest BCUT2D eigenvalue weighted by atomic mass is 16.5. The molecule has 0 aliphatic heterocycles. The summed E-state index contributed by atoms with van der Waals surface area (Å²) in [6.07, 6.45) is 0.316. The molecule has 0 aromatic heterocycles. The van der Waals surface area contributed by atoms with Crippen LogP contribution in [0.1, 0.15) is 60.5 Å². The Morgan fingerprint density at radius 1 is 0.897 bits per heavy atom. The first kappa shape index (κ1) is 24.7. The highest BCUT2D eigenvalue weighted by Gasteiger charge is 2.31. The van der Waals surface area contributed by atoms with Gasteiger partial charge in [0.05, 0.1) is 0 Å². The molecule has 6 nitrogen and oxygen atoms in total. The fraction of sp³-hybridized carbons (Fsp3) is 0.609. The van der Waals surface area contributed by atoms with Gasteiger partial charge in [0, 0.05) is 6.42 Å². The van der Waals surface area contributed by atoms with Crippen molar-refractivity contribution in [1.82, 2.24) is 10.6 Å². The lowest BCUT2D eigenvalue weighted by atomic mass is 9.91. The van der Waals surface area contributed by atoms with Crippen LogP contribution in [0.2, 0.25) is 0 Å². The molecule has 0 bridgehead atoms. The van der Waals surface area contributed by atoms with E-state index in [2.05, 4.69) is 10.6 Å². The SMILES string of the molecule is CC(C)[C@H](NC(=O)CC(C)(C)C)C(=O)N[C@H](C(=O)OCc1ccccc1)C(C)C. The lowest BCUT2D eigenvalue weighted by Crippen LogP contribution is -2.55. The fourth-order valence-electron chi connectivity index (χ4n) is 2.80. The minimum atomic E-state index is -0.785. The molecule has 1 rings (SSSR count). The molecular formula is C23H36N2O4. The van der Waals surface area contributed by atoms with Crippen LogP contribution in [0, 0.1) is 17.3 Å². The van der Waals surface area contributed by atoms with E-state index in [9.17, 15) is 14.4 Å². The summed E-state index contributed by atoms with van der Waals surface area (Å²) in [4.78, 5) is 37.7. The van der Waals surface area contributed by atoms with Crippen LogP contribution in [0.15, 0.2) is 30.3 Å². The third-order valence-corrected chi connectivity index (χ3v) is 4.40. The van der Waals surface area contributed by atoms with E-state index in [1.54, 1.807) is 0 Å². The third kappa shape index (κ3) is 9.11. The topological polar surface area (TPSA) is 84.5 Å². The molecule has 162 valence electrons. The summed E-state index contributed by atoms with van der Waals surface area (Å²) in [6, 6.07) is 7.88. The number of esters is 1. The molecule has 0 radical (unpaired) electrons. The van der Waals surface area contributed by atoms with Gasteiger partial charge in [-0.1, -0.05) is 78.8 Å². The molecule has 0 saturated heterocycles. The van der Waals surface area contributed by atoms with Gasteiger partial charge < -0.3 is 15.4 Å². The predicted octanol–water partition coefficient (Wildman–Crippen LogP) is 3.45. The van der Waals surface area contributed by atoms with E-state index in [1.165, 1.54) is 0 Å². The first-order chi connectivity index (χ1) is 13.4. The maximum atomic E-state index is 12.8. The van der Waals surface area contributed by atoms with Gasteiger partial charge in [0.15, 0.2) is 0 Å². The lowest BCUT2D eigenvalue weighted by molar-refractivity contribution is -0.150. The van der Waals surface area contributed by atoms with Gasteiger partial charge in [-0.15, -0.1) is 0 Å². The standard InChI is InChI=1S/C23H36N2O4/c1-15(2)19(24-18(26)13-23(5,6)7)21(27)25-20(16(3)4)22(28)29-14-17-11-9-8-10-12-17/h8-12,15-16,19-20H,13-14H2,1-7H3,(H,24,26)(H,25,27)/t19-,20-/m0/s1. The smallest absolute Gasteiger partial charge is 0.329 e. The number of hydrogen-bond acceptors (Lipinski definition) is 4. The van der Waals surface area contributed by atoms with Crippen molar-refractivity contribution in [2.45, 2.75) is 73.6 Å². The van der Waals surface area contributed by atoms with E-state index in [1.807, 2.05) is 78.8 Å². The molecule has 2 N–H and O–H groups in total. The van der Waals surface area contributed by atoms with E-state index in [-0.39, 0.29) is 35.7 Å². The summed E-state index contributed by atoms with van der Waals surface area (Å²) in [5, 5.41) is 5.58. The summed E-state index contributed by atoms with van der Waals surface area (Å²) in [5.41, 5.74) is 0.702. The van der Waals surface area contributed by atoms with Crippen molar-refractivity contribution in [1.29, 1.82) is 0 Å². The number of carbonyl (C=O) groups is 3. The summed E-state index contributed by atoms with van der Waals surface area (Å²) in [5.74, 6) is -1.31. The van der Waals surface area contributed by atoms with Crippen molar-refractivity contribution in [2.24, 2.45) is 17.3 Å². The van der Waals surface area contributed by atoms with E-state index in [4.69, 9.17) is 4.74 Å². The Labute approximate surface area is 174 Å². The molecule has 1 aromatic carbocycles. The summed E-state index contributed by atoms with van der Waals surface area (Å²) in [6.45, 7) is 13.5. The maximum absolute atomic E-state index is 12.8. The van der Waals surface area contributed by atoms with Crippen molar-refractivity contribution in [3.05, 3.63) is 35.9 Å². The normalized spacial score (nSPS) is 13.7. The number of benzene rings is 1. The Morgan fingerprint density at radius 3 is 1.93 bits per heavy atom. The molecule has 0 unspecified atom stereocenters. The molecule has 0 spiro atoms. The summed E-state index contributed by atoms with van der Waals surface area (Å²) >= 11 is 0. The molecule has 0 saturated carbocycles. The molecule has 0 aliphatic rings. The van der Waals surface area contributed by atoms with E-state index in [0.29, 0.717) is 6.42 Å². The lowest BCUT2D eigenvalue weighted by Gasteiger charge is -2.27. The minimum absolute atomic E-state index is 0.118. The molecule has 6 heteroatoms. The number of amides is 2. The zero-order valence-corrected chi connectivity index (χ0v) is 18.7. The molecular weight excluding hydrogens is 368 g/mol. The van der Waals surface area contributed by atoms with Crippen LogP contribution in [0.3, 0.4) is 0 Å². The number of ether oxygens (including phenoxy) is 1. The van der Waals surface area contributed by atoms with Crippen LogP contribution in [-0.4, -0.2) is 29.9 Å². The highest BCUT2D eigenvalue weighted by molar-refractivity contribution is 5.91. The Balaban J connectivity index is 2.76. The van der Waals surface area contributed by atoms with E-state index in [0.717, 1.165) is 5.56 Å². The van der Waals surface area contributed by atoms with Crippen LogP contribution < -0.4 is 10.6 Å². The second kappa shape index (κ2) is 11.0. The van der Waals surface area contributed by atoms with Gasteiger partial charge >= 0.3 is 5.97 Å². The monoisotopic (exact) mass is 404 g/mol. The molecule has 1 aromatic rings. The average molecular weight is 405 g/mol. The third-order valence-electron chi connectivity index (χ3n) is 4.40. The van der Waals surface area contributed by atoms with Crippen molar-refractivity contribution < 1.29 is 19.1 Å².